The molecule has 0 bridgehead atoms. The number of nitrogens with two attached hydrogens (primary N) is 1. The highest BCUT2D eigenvalue weighted by Crippen LogP contribution is 2.13. The lowest BCUT2D eigenvalue weighted by Gasteiger charge is -1.97. The van der Waals surface area contributed by atoms with E-state index in [4.69, 9.17) is 11.0 Å². The lowest BCUT2D eigenvalue weighted by molar-refractivity contribution is 0.625. The fourth-order valence-corrected chi connectivity index (χ4v) is 0.845. The molecule has 2 nitrogen and oxygen atoms in total. The first-order chi connectivity index (χ1) is 6.25. The number of hydrogen-bond acceptors (Lipinski definition) is 2. The minimum absolute atomic E-state index is 0.0772. The molecule has 64 valence electrons. The van der Waals surface area contributed by atoms with Gasteiger partial charge in [0.1, 0.15) is 5.82 Å². The van der Waals surface area contributed by atoms with Crippen molar-refractivity contribution in [3.63, 3.8) is 0 Å². The van der Waals surface area contributed by atoms with Gasteiger partial charge in [0.05, 0.1) is 23.7 Å². The number of nitriles is 1. The smallest absolute Gasteiger partial charge is 0.140 e. The maximum atomic E-state index is 13.0. The molecule has 0 amide bonds. The van der Waals surface area contributed by atoms with Crippen molar-refractivity contribution in [3.8, 4) is 17.9 Å². The summed E-state index contributed by atoms with van der Waals surface area (Å²) in [6.07, 6.45) is 0.0772. The standard InChI is InChI=1S/C10H7FN2/c11-9-5-3-6-10(13)8(9)4-1-2-7-12/h3,5-6H,2,13H2. The second-order valence-corrected chi connectivity index (χ2v) is 2.34. The van der Waals surface area contributed by atoms with Crippen LogP contribution >= 0.6 is 0 Å². The molecule has 13 heavy (non-hydrogen) atoms. The third-order valence-electron chi connectivity index (χ3n) is 1.43. The van der Waals surface area contributed by atoms with Crippen molar-refractivity contribution < 1.29 is 4.39 Å². The molecule has 0 heterocycles. The monoisotopic (exact) mass is 174 g/mol. The predicted molar refractivity (Wildman–Crippen MR) is 47.9 cm³/mol. The average molecular weight is 174 g/mol. The second kappa shape index (κ2) is 4.13. The van der Waals surface area contributed by atoms with Crippen molar-refractivity contribution >= 4 is 5.69 Å². The Morgan fingerprint density at radius 1 is 1.46 bits per heavy atom. The molecule has 0 aromatic heterocycles. The van der Waals surface area contributed by atoms with Crippen LogP contribution in [0.25, 0.3) is 0 Å². The lowest BCUT2D eigenvalue weighted by Crippen LogP contribution is -1.92. The van der Waals surface area contributed by atoms with Crippen LogP contribution in [-0.4, -0.2) is 0 Å². The minimum atomic E-state index is -0.453. The molecule has 0 aliphatic carbocycles. The Bertz CT molecular complexity index is 387. The van der Waals surface area contributed by atoms with E-state index in [1.807, 2.05) is 6.07 Å². The maximum absolute atomic E-state index is 13.0. The van der Waals surface area contributed by atoms with E-state index >= 15 is 0 Å². The average Bonchev–Trinajstić information content (AvgIpc) is 2.10. The highest BCUT2D eigenvalue weighted by atomic mass is 19.1. The molecule has 0 radical (unpaired) electrons. The third-order valence-corrected chi connectivity index (χ3v) is 1.43. The van der Waals surface area contributed by atoms with Gasteiger partial charge < -0.3 is 5.73 Å². The molecular formula is C10H7FN2. The molecular weight excluding hydrogens is 167 g/mol. The SMILES string of the molecule is N#CCC#Cc1c(N)cccc1F. The largest absolute Gasteiger partial charge is 0.398 e. The number of nitrogens with zero attached hydrogens (tertiary/aromatic N) is 1. The number of anilines is 1. The normalized spacial score (nSPS) is 8.31. The van der Waals surface area contributed by atoms with Crippen molar-refractivity contribution in [2.24, 2.45) is 0 Å². The molecule has 1 aromatic carbocycles. The molecule has 0 saturated carbocycles. The van der Waals surface area contributed by atoms with E-state index in [2.05, 4.69) is 11.8 Å². The fourth-order valence-electron chi connectivity index (χ4n) is 0.845. The topological polar surface area (TPSA) is 49.8 Å². The maximum Gasteiger partial charge on any atom is 0.140 e. The van der Waals surface area contributed by atoms with Crippen LogP contribution in [0.1, 0.15) is 12.0 Å². The number of nitrogen functional groups attached to an aromatic ring is 1. The summed E-state index contributed by atoms with van der Waals surface area (Å²) in [5, 5.41) is 8.21. The summed E-state index contributed by atoms with van der Waals surface area (Å²) in [7, 11) is 0. The number of hydrogen-bond donors (Lipinski definition) is 1. The molecule has 0 spiro atoms. The quantitative estimate of drug-likeness (QED) is 0.480. The predicted octanol–water partition coefficient (Wildman–Crippen LogP) is 1.67. The first kappa shape index (κ1) is 9.09. The van der Waals surface area contributed by atoms with Crippen molar-refractivity contribution in [2.45, 2.75) is 6.42 Å². The Kier molecular flexibility index (Phi) is 2.89. The van der Waals surface area contributed by atoms with E-state index in [1.165, 1.54) is 12.1 Å². The highest BCUT2D eigenvalue weighted by molar-refractivity contribution is 5.56. The summed E-state index contributed by atoms with van der Waals surface area (Å²) in [5.41, 5.74) is 5.94. The first-order valence-corrected chi connectivity index (χ1v) is 3.65. The minimum Gasteiger partial charge on any atom is -0.398 e. The molecule has 3 heteroatoms. The van der Waals surface area contributed by atoms with Crippen molar-refractivity contribution in [2.75, 3.05) is 5.73 Å². The summed E-state index contributed by atoms with van der Waals surface area (Å²) < 4.78 is 13.0. The van der Waals surface area contributed by atoms with Gasteiger partial charge in [-0.15, -0.1) is 0 Å². The number of rotatable bonds is 0. The number of benzene rings is 1. The van der Waals surface area contributed by atoms with Crippen LogP contribution in [0.5, 0.6) is 0 Å². The Hall–Kier alpha value is -2.00. The second-order valence-electron chi connectivity index (χ2n) is 2.34. The van der Waals surface area contributed by atoms with Gasteiger partial charge in [-0.1, -0.05) is 17.9 Å². The van der Waals surface area contributed by atoms with Gasteiger partial charge in [-0.05, 0) is 12.1 Å². The first-order valence-electron chi connectivity index (χ1n) is 3.65. The molecule has 2 N–H and O–H groups in total. The van der Waals surface area contributed by atoms with Crippen molar-refractivity contribution in [1.29, 1.82) is 5.26 Å². The van der Waals surface area contributed by atoms with Crippen LogP contribution in [0.3, 0.4) is 0 Å². The van der Waals surface area contributed by atoms with Crippen LogP contribution in [0.4, 0.5) is 10.1 Å². The Labute approximate surface area is 75.8 Å². The van der Waals surface area contributed by atoms with E-state index in [1.54, 1.807) is 6.07 Å². The molecule has 1 aromatic rings. The van der Waals surface area contributed by atoms with Crippen LogP contribution in [0.2, 0.25) is 0 Å². The number of halogens is 1. The van der Waals surface area contributed by atoms with Gasteiger partial charge in [-0.3, -0.25) is 0 Å². The van der Waals surface area contributed by atoms with E-state index < -0.39 is 5.82 Å². The van der Waals surface area contributed by atoms with Gasteiger partial charge in [0.25, 0.3) is 0 Å². The van der Waals surface area contributed by atoms with Crippen LogP contribution < -0.4 is 5.73 Å². The summed E-state index contributed by atoms with van der Waals surface area (Å²) in [6, 6.07) is 6.21. The molecule has 0 fully saturated rings. The van der Waals surface area contributed by atoms with Gasteiger partial charge in [0.2, 0.25) is 0 Å². The zero-order chi connectivity index (χ0) is 9.68. The highest BCUT2D eigenvalue weighted by Gasteiger charge is 2.00. The Morgan fingerprint density at radius 2 is 2.23 bits per heavy atom. The van der Waals surface area contributed by atoms with Crippen LogP contribution in [-0.2, 0) is 0 Å². The van der Waals surface area contributed by atoms with E-state index in [9.17, 15) is 4.39 Å². The zero-order valence-corrected chi connectivity index (χ0v) is 6.84. The molecule has 0 saturated heterocycles. The van der Waals surface area contributed by atoms with E-state index in [0.29, 0.717) is 5.69 Å². The summed E-state index contributed by atoms with van der Waals surface area (Å²) >= 11 is 0. The molecule has 0 aliphatic rings. The van der Waals surface area contributed by atoms with Gasteiger partial charge in [-0.2, -0.15) is 5.26 Å². The summed E-state index contributed by atoms with van der Waals surface area (Å²) in [4.78, 5) is 0. The molecule has 0 atom stereocenters. The Balaban J connectivity index is 3.03. The molecule has 0 unspecified atom stereocenters. The van der Waals surface area contributed by atoms with Crippen molar-refractivity contribution in [3.05, 3.63) is 29.6 Å². The summed E-state index contributed by atoms with van der Waals surface area (Å²) in [6.45, 7) is 0. The summed E-state index contributed by atoms with van der Waals surface area (Å²) in [5.74, 6) is 4.56. The van der Waals surface area contributed by atoms with E-state index in [-0.39, 0.29) is 12.0 Å². The van der Waals surface area contributed by atoms with Crippen LogP contribution in [0, 0.1) is 29.0 Å². The molecule has 0 aliphatic heterocycles. The van der Waals surface area contributed by atoms with Gasteiger partial charge >= 0.3 is 0 Å². The Morgan fingerprint density at radius 3 is 2.85 bits per heavy atom. The van der Waals surface area contributed by atoms with E-state index in [0.717, 1.165) is 0 Å². The molecule has 1 rings (SSSR count). The fraction of sp³-hybridized carbons (Fsp3) is 0.100. The zero-order valence-electron chi connectivity index (χ0n) is 6.84. The third kappa shape index (κ3) is 2.21. The van der Waals surface area contributed by atoms with Gasteiger partial charge in [0.15, 0.2) is 0 Å². The van der Waals surface area contributed by atoms with Gasteiger partial charge in [-0.25, -0.2) is 4.39 Å². The van der Waals surface area contributed by atoms with Crippen molar-refractivity contribution in [1.82, 2.24) is 0 Å². The van der Waals surface area contributed by atoms with Gasteiger partial charge in [0, 0.05) is 0 Å². The lowest BCUT2D eigenvalue weighted by atomic mass is 10.1. The van der Waals surface area contributed by atoms with Crippen LogP contribution in [0.15, 0.2) is 18.2 Å².